The second-order valence-corrected chi connectivity index (χ2v) is 5.12. The fraction of sp³-hybridized carbons (Fsp3) is 0.100. The highest BCUT2D eigenvalue weighted by molar-refractivity contribution is 9.10. The van der Waals surface area contributed by atoms with E-state index in [0.717, 1.165) is 25.8 Å². The van der Waals surface area contributed by atoms with Crippen LogP contribution in [0.4, 0.5) is 0 Å². The van der Waals surface area contributed by atoms with Crippen LogP contribution in [0.3, 0.4) is 0 Å². The van der Waals surface area contributed by atoms with Crippen LogP contribution in [0, 0.1) is 0 Å². The lowest BCUT2D eigenvalue weighted by atomic mass is 10.2. The number of methoxy groups -OCH3 is 1. The quantitative estimate of drug-likeness (QED) is 0.730. The van der Waals surface area contributed by atoms with E-state index in [1.54, 1.807) is 18.0 Å². The molecule has 86 valence electrons. The van der Waals surface area contributed by atoms with Crippen molar-refractivity contribution in [1.29, 1.82) is 0 Å². The molecular weight excluding hydrogens is 304 g/mol. The molecule has 5 nitrogen and oxygen atoms in total. The van der Waals surface area contributed by atoms with Crippen molar-refractivity contribution in [3.8, 4) is 16.3 Å². The Labute approximate surface area is 109 Å². The normalized spacial score (nSPS) is 10.9. The summed E-state index contributed by atoms with van der Waals surface area (Å²) in [7, 11) is 1.64. The highest BCUT2D eigenvalue weighted by atomic mass is 79.9. The lowest BCUT2D eigenvalue weighted by Gasteiger charge is -2.03. The maximum atomic E-state index is 5.19. The third-order valence-electron chi connectivity index (χ3n) is 2.29. The first kappa shape index (κ1) is 10.7. The molecule has 1 aromatic carbocycles. The van der Waals surface area contributed by atoms with Crippen molar-refractivity contribution < 1.29 is 4.74 Å². The fourth-order valence-corrected chi connectivity index (χ4v) is 2.83. The number of fused-ring (bicyclic) bond motifs is 1. The summed E-state index contributed by atoms with van der Waals surface area (Å²) in [6.07, 6.45) is 1.59. The van der Waals surface area contributed by atoms with E-state index in [1.165, 1.54) is 11.3 Å². The number of benzene rings is 1. The van der Waals surface area contributed by atoms with Crippen LogP contribution in [0.15, 0.2) is 29.0 Å². The Kier molecular flexibility index (Phi) is 2.56. The molecule has 2 heterocycles. The molecule has 0 aliphatic rings. The van der Waals surface area contributed by atoms with Gasteiger partial charge in [0.1, 0.15) is 17.1 Å². The SMILES string of the molecule is COc1ccc(-c2nn3cnnc3s2)cc1Br. The maximum absolute atomic E-state index is 5.19. The molecule has 0 amide bonds. The summed E-state index contributed by atoms with van der Waals surface area (Å²) in [6.45, 7) is 0. The van der Waals surface area contributed by atoms with Crippen molar-refractivity contribution in [2.45, 2.75) is 0 Å². The Morgan fingerprint density at radius 1 is 1.41 bits per heavy atom. The lowest BCUT2D eigenvalue weighted by Crippen LogP contribution is -1.86. The molecule has 0 bridgehead atoms. The average molecular weight is 311 g/mol. The van der Waals surface area contributed by atoms with E-state index in [2.05, 4.69) is 31.2 Å². The number of nitrogens with zero attached hydrogens (tertiary/aromatic N) is 4. The molecule has 7 heteroatoms. The molecule has 0 atom stereocenters. The van der Waals surface area contributed by atoms with Gasteiger partial charge in [-0.15, -0.1) is 10.2 Å². The summed E-state index contributed by atoms with van der Waals surface area (Å²) in [4.78, 5) is 0.784. The second-order valence-electron chi connectivity index (χ2n) is 3.31. The minimum absolute atomic E-state index is 0.784. The van der Waals surface area contributed by atoms with Crippen molar-refractivity contribution in [2.75, 3.05) is 7.11 Å². The molecule has 3 rings (SSSR count). The van der Waals surface area contributed by atoms with E-state index in [0.29, 0.717) is 0 Å². The van der Waals surface area contributed by atoms with Crippen molar-refractivity contribution in [3.05, 3.63) is 29.0 Å². The van der Waals surface area contributed by atoms with Crippen LogP contribution >= 0.6 is 27.3 Å². The van der Waals surface area contributed by atoms with Gasteiger partial charge in [0, 0.05) is 5.56 Å². The number of rotatable bonds is 2. The molecule has 0 saturated carbocycles. The zero-order chi connectivity index (χ0) is 11.8. The predicted octanol–water partition coefficient (Wildman–Crippen LogP) is 2.62. The van der Waals surface area contributed by atoms with Gasteiger partial charge in [0.25, 0.3) is 0 Å². The second kappa shape index (κ2) is 4.08. The van der Waals surface area contributed by atoms with Crippen LogP contribution in [-0.2, 0) is 0 Å². The molecule has 2 aromatic heterocycles. The van der Waals surface area contributed by atoms with E-state index >= 15 is 0 Å². The third-order valence-corrected chi connectivity index (χ3v) is 3.87. The smallest absolute Gasteiger partial charge is 0.234 e. The highest BCUT2D eigenvalue weighted by Gasteiger charge is 2.09. The van der Waals surface area contributed by atoms with Gasteiger partial charge in [-0.25, -0.2) is 0 Å². The minimum atomic E-state index is 0.784. The molecule has 0 aliphatic carbocycles. The molecular formula is C10H7BrN4OS. The monoisotopic (exact) mass is 310 g/mol. The van der Waals surface area contributed by atoms with Gasteiger partial charge in [0.05, 0.1) is 11.6 Å². The molecule has 0 unspecified atom stereocenters. The Bertz CT molecular complexity index is 649. The van der Waals surface area contributed by atoms with Gasteiger partial charge in [0.2, 0.25) is 4.96 Å². The van der Waals surface area contributed by atoms with Crippen molar-refractivity contribution >= 4 is 32.2 Å². The summed E-state index contributed by atoms with van der Waals surface area (Å²) in [5.74, 6) is 0.803. The molecule has 0 saturated heterocycles. The average Bonchev–Trinajstić information content (AvgIpc) is 2.88. The summed E-state index contributed by atoms with van der Waals surface area (Å²) in [6, 6.07) is 5.85. The van der Waals surface area contributed by atoms with Gasteiger partial charge in [-0.3, -0.25) is 0 Å². The Morgan fingerprint density at radius 3 is 3.00 bits per heavy atom. The van der Waals surface area contributed by atoms with Crippen LogP contribution in [-0.4, -0.2) is 26.9 Å². The van der Waals surface area contributed by atoms with Crippen molar-refractivity contribution in [2.24, 2.45) is 0 Å². The predicted molar refractivity (Wildman–Crippen MR) is 68.3 cm³/mol. The van der Waals surface area contributed by atoms with Crippen LogP contribution < -0.4 is 4.74 Å². The maximum Gasteiger partial charge on any atom is 0.234 e. The number of hydrogen-bond acceptors (Lipinski definition) is 5. The van der Waals surface area contributed by atoms with Gasteiger partial charge in [-0.2, -0.15) is 9.61 Å². The molecule has 0 spiro atoms. The first-order valence-corrected chi connectivity index (χ1v) is 6.39. The van der Waals surface area contributed by atoms with Gasteiger partial charge >= 0.3 is 0 Å². The van der Waals surface area contributed by atoms with Gasteiger partial charge in [-0.05, 0) is 34.1 Å². The van der Waals surface area contributed by atoms with Crippen LogP contribution in [0.2, 0.25) is 0 Å². The topological polar surface area (TPSA) is 52.3 Å². The fourth-order valence-electron chi connectivity index (χ4n) is 1.48. The number of hydrogen-bond donors (Lipinski definition) is 0. The van der Waals surface area contributed by atoms with Gasteiger partial charge in [0.15, 0.2) is 0 Å². The summed E-state index contributed by atoms with van der Waals surface area (Å²) in [5, 5.41) is 13.0. The molecule has 0 N–H and O–H groups in total. The number of ether oxygens (including phenoxy) is 1. The standard InChI is InChI=1S/C10H7BrN4OS/c1-16-8-3-2-6(4-7(8)11)9-14-15-5-12-13-10(15)17-9/h2-5H,1H3. The Hall–Kier alpha value is -1.47. The zero-order valence-electron chi connectivity index (χ0n) is 8.79. The molecule has 0 fully saturated rings. The summed E-state index contributed by atoms with van der Waals surface area (Å²) >= 11 is 4.95. The molecule has 0 aliphatic heterocycles. The van der Waals surface area contributed by atoms with Crippen LogP contribution in [0.1, 0.15) is 0 Å². The number of halogens is 1. The Morgan fingerprint density at radius 2 is 2.29 bits per heavy atom. The van der Waals surface area contributed by atoms with Crippen LogP contribution in [0.25, 0.3) is 15.5 Å². The van der Waals surface area contributed by atoms with E-state index in [4.69, 9.17) is 4.74 Å². The summed E-state index contributed by atoms with van der Waals surface area (Å²) in [5.41, 5.74) is 1.02. The minimum Gasteiger partial charge on any atom is -0.496 e. The zero-order valence-corrected chi connectivity index (χ0v) is 11.2. The van der Waals surface area contributed by atoms with E-state index < -0.39 is 0 Å². The van der Waals surface area contributed by atoms with Crippen molar-refractivity contribution in [1.82, 2.24) is 19.8 Å². The largest absolute Gasteiger partial charge is 0.496 e. The molecule has 17 heavy (non-hydrogen) atoms. The van der Waals surface area contributed by atoms with Crippen molar-refractivity contribution in [3.63, 3.8) is 0 Å². The van der Waals surface area contributed by atoms with Gasteiger partial charge in [-0.1, -0.05) is 11.3 Å². The van der Waals surface area contributed by atoms with E-state index in [-0.39, 0.29) is 0 Å². The van der Waals surface area contributed by atoms with Crippen LogP contribution in [0.5, 0.6) is 5.75 Å². The van der Waals surface area contributed by atoms with E-state index in [1.807, 2.05) is 18.2 Å². The molecule has 3 aromatic rings. The number of aromatic nitrogens is 4. The first-order chi connectivity index (χ1) is 8.28. The van der Waals surface area contributed by atoms with E-state index in [9.17, 15) is 0 Å². The summed E-state index contributed by atoms with van der Waals surface area (Å²) < 4.78 is 7.76. The molecule has 0 radical (unpaired) electrons. The first-order valence-electron chi connectivity index (χ1n) is 4.78. The Balaban J connectivity index is 2.09. The lowest BCUT2D eigenvalue weighted by molar-refractivity contribution is 0.412. The van der Waals surface area contributed by atoms with Gasteiger partial charge < -0.3 is 4.74 Å². The third kappa shape index (κ3) is 1.81. The highest BCUT2D eigenvalue weighted by Crippen LogP contribution is 2.32.